The third kappa shape index (κ3) is 4.20. The van der Waals surface area contributed by atoms with Crippen LogP contribution in [0.1, 0.15) is 43.5 Å². The van der Waals surface area contributed by atoms with Crippen LogP contribution in [-0.2, 0) is 4.79 Å². The highest BCUT2D eigenvalue weighted by Crippen LogP contribution is 2.28. The molecule has 1 rings (SSSR count). The summed E-state index contributed by atoms with van der Waals surface area (Å²) in [5, 5.41) is 0. The van der Waals surface area contributed by atoms with Gasteiger partial charge < -0.3 is 9.47 Å². The fourth-order valence-electron chi connectivity index (χ4n) is 1.45. The van der Waals surface area contributed by atoms with Crippen LogP contribution in [0.4, 0.5) is 0 Å². The zero-order chi connectivity index (χ0) is 13.4. The van der Waals surface area contributed by atoms with Gasteiger partial charge in [0.1, 0.15) is 6.29 Å². The Hall–Kier alpha value is -1.84. The van der Waals surface area contributed by atoms with E-state index in [0.29, 0.717) is 30.1 Å². The largest absolute Gasteiger partial charge is 0.490 e. The van der Waals surface area contributed by atoms with Gasteiger partial charge in [-0.3, -0.25) is 9.59 Å². The zero-order valence-electron chi connectivity index (χ0n) is 10.8. The fraction of sp³-hybridized carbons (Fsp3) is 0.429. The number of carbonyl (C=O) groups is 2. The van der Waals surface area contributed by atoms with Crippen LogP contribution in [0.2, 0.25) is 0 Å². The SMILES string of the molecule is CCCCC(=O)Oc1ccc(C=O)cc1OCC. The summed E-state index contributed by atoms with van der Waals surface area (Å²) >= 11 is 0. The molecule has 0 amide bonds. The minimum absolute atomic E-state index is 0.281. The van der Waals surface area contributed by atoms with Crippen molar-refractivity contribution in [3.63, 3.8) is 0 Å². The van der Waals surface area contributed by atoms with Crippen molar-refractivity contribution < 1.29 is 19.1 Å². The van der Waals surface area contributed by atoms with Crippen LogP contribution in [0.5, 0.6) is 11.5 Å². The van der Waals surface area contributed by atoms with E-state index in [1.54, 1.807) is 18.2 Å². The Morgan fingerprint density at radius 3 is 2.67 bits per heavy atom. The zero-order valence-corrected chi connectivity index (χ0v) is 10.8. The Kier molecular flexibility index (Phi) is 5.91. The molecule has 18 heavy (non-hydrogen) atoms. The van der Waals surface area contributed by atoms with Crippen molar-refractivity contribution in [2.75, 3.05) is 6.61 Å². The average molecular weight is 250 g/mol. The van der Waals surface area contributed by atoms with Crippen molar-refractivity contribution in [1.82, 2.24) is 0 Å². The Morgan fingerprint density at radius 2 is 2.06 bits per heavy atom. The summed E-state index contributed by atoms with van der Waals surface area (Å²) in [6.07, 6.45) is 2.86. The minimum Gasteiger partial charge on any atom is -0.490 e. The minimum atomic E-state index is -0.281. The average Bonchev–Trinajstić information content (AvgIpc) is 2.38. The molecule has 0 unspecified atom stereocenters. The number of hydrogen-bond acceptors (Lipinski definition) is 4. The Balaban J connectivity index is 2.80. The number of esters is 1. The van der Waals surface area contributed by atoms with Gasteiger partial charge in [0.25, 0.3) is 0 Å². The molecule has 0 N–H and O–H groups in total. The van der Waals surface area contributed by atoms with Crippen LogP contribution in [0.25, 0.3) is 0 Å². The Morgan fingerprint density at radius 1 is 1.28 bits per heavy atom. The van der Waals surface area contributed by atoms with E-state index in [-0.39, 0.29) is 5.97 Å². The first-order valence-corrected chi connectivity index (χ1v) is 6.14. The molecule has 0 aliphatic rings. The summed E-state index contributed by atoms with van der Waals surface area (Å²) < 4.78 is 10.6. The summed E-state index contributed by atoms with van der Waals surface area (Å²) in [5.41, 5.74) is 0.492. The molecule has 0 aromatic heterocycles. The van der Waals surface area contributed by atoms with Gasteiger partial charge >= 0.3 is 5.97 Å². The van der Waals surface area contributed by atoms with E-state index in [1.165, 1.54) is 0 Å². The molecule has 0 radical (unpaired) electrons. The number of carbonyl (C=O) groups excluding carboxylic acids is 2. The summed E-state index contributed by atoms with van der Waals surface area (Å²) in [6.45, 7) is 4.29. The summed E-state index contributed by atoms with van der Waals surface area (Å²) in [4.78, 5) is 22.2. The highest BCUT2D eigenvalue weighted by atomic mass is 16.6. The van der Waals surface area contributed by atoms with Crippen molar-refractivity contribution in [2.24, 2.45) is 0 Å². The van der Waals surface area contributed by atoms with Gasteiger partial charge in [-0.15, -0.1) is 0 Å². The van der Waals surface area contributed by atoms with Gasteiger partial charge in [0.15, 0.2) is 11.5 Å². The van der Waals surface area contributed by atoms with Crippen LogP contribution in [0.15, 0.2) is 18.2 Å². The lowest BCUT2D eigenvalue weighted by Gasteiger charge is -2.10. The smallest absolute Gasteiger partial charge is 0.311 e. The van der Waals surface area contributed by atoms with E-state index in [1.807, 2.05) is 13.8 Å². The first-order chi connectivity index (χ1) is 8.71. The molecule has 1 aromatic carbocycles. The van der Waals surface area contributed by atoms with Gasteiger partial charge in [0.2, 0.25) is 0 Å². The van der Waals surface area contributed by atoms with Gasteiger partial charge in [0.05, 0.1) is 6.61 Å². The molecule has 0 saturated heterocycles. The molecule has 98 valence electrons. The van der Waals surface area contributed by atoms with E-state index in [9.17, 15) is 9.59 Å². The second-order valence-corrected chi connectivity index (χ2v) is 3.83. The normalized spacial score (nSPS) is 9.89. The maximum atomic E-state index is 11.5. The van der Waals surface area contributed by atoms with Gasteiger partial charge in [-0.1, -0.05) is 13.3 Å². The predicted molar refractivity (Wildman–Crippen MR) is 68.2 cm³/mol. The van der Waals surface area contributed by atoms with Gasteiger partial charge in [-0.05, 0) is 31.5 Å². The van der Waals surface area contributed by atoms with E-state index >= 15 is 0 Å². The number of unbranched alkanes of at least 4 members (excludes halogenated alkanes) is 1. The maximum Gasteiger partial charge on any atom is 0.311 e. The highest BCUT2D eigenvalue weighted by Gasteiger charge is 2.10. The molecule has 0 fully saturated rings. The third-order valence-corrected chi connectivity index (χ3v) is 2.36. The molecule has 0 saturated carbocycles. The molecule has 0 bridgehead atoms. The lowest BCUT2D eigenvalue weighted by molar-refractivity contribution is -0.134. The van der Waals surface area contributed by atoms with Gasteiger partial charge in [0, 0.05) is 12.0 Å². The van der Waals surface area contributed by atoms with Crippen molar-refractivity contribution in [2.45, 2.75) is 33.1 Å². The Bertz CT molecular complexity index is 412. The molecule has 4 heteroatoms. The Labute approximate surface area is 107 Å². The van der Waals surface area contributed by atoms with Gasteiger partial charge in [-0.25, -0.2) is 0 Å². The number of rotatable bonds is 7. The van der Waals surface area contributed by atoms with Crippen molar-refractivity contribution >= 4 is 12.3 Å². The number of ether oxygens (including phenoxy) is 2. The standard InChI is InChI=1S/C14H18O4/c1-3-5-6-14(16)18-12-8-7-11(10-15)9-13(12)17-4-2/h7-10H,3-6H2,1-2H3. The maximum absolute atomic E-state index is 11.5. The summed E-state index contributed by atoms with van der Waals surface area (Å²) in [7, 11) is 0. The van der Waals surface area contributed by atoms with E-state index in [0.717, 1.165) is 19.1 Å². The molecular formula is C14H18O4. The molecular weight excluding hydrogens is 232 g/mol. The second kappa shape index (κ2) is 7.48. The third-order valence-electron chi connectivity index (χ3n) is 2.36. The van der Waals surface area contributed by atoms with Crippen LogP contribution >= 0.6 is 0 Å². The topological polar surface area (TPSA) is 52.6 Å². The molecule has 0 aliphatic carbocycles. The summed E-state index contributed by atoms with van der Waals surface area (Å²) in [6, 6.07) is 4.75. The fourth-order valence-corrected chi connectivity index (χ4v) is 1.45. The van der Waals surface area contributed by atoms with E-state index < -0.39 is 0 Å². The van der Waals surface area contributed by atoms with Crippen LogP contribution in [0, 0.1) is 0 Å². The lowest BCUT2D eigenvalue weighted by atomic mass is 10.2. The number of benzene rings is 1. The van der Waals surface area contributed by atoms with Crippen LogP contribution < -0.4 is 9.47 Å². The van der Waals surface area contributed by atoms with Crippen molar-refractivity contribution in [3.8, 4) is 11.5 Å². The van der Waals surface area contributed by atoms with Gasteiger partial charge in [-0.2, -0.15) is 0 Å². The molecule has 0 heterocycles. The second-order valence-electron chi connectivity index (χ2n) is 3.83. The molecule has 4 nitrogen and oxygen atoms in total. The first-order valence-electron chi connectivity index (χ1n) is 6.14. The van der Waals surface area contributed by atoms with Crippen molar-refractivity contribution in [1.29, 1.82) is 0 Å². The molecule has 0 spiro atoms. The molecule has 0 aliphatic heterocycles. The predicted octanol–water partition coefficient (Wildman–Crippen LogP) is 2.99. The van der Waals surface area contributed by atoms with E-state index in [2.05, 4.69) is 0 Å². The highest BCUT2D eigenvalue weighted by molar-refractivity contribution is 5.78. The van der Waals surface area contributed by atoms with Crippen molar-refractivity contribution in [3.05, 3.63) is 23.8 Å². The molecule has 1 aromatic rings. The quantitative estimate of drug-likeness (QED) is 0.424. The molecule has 0 atom stereocenters. The van der Waals surface area contributed by atoms with E-state index in [4.69, 9.17) is 9.47 Å². The van der Waals surface area contributed by atoms with Crippen LogP contribution in [0.3, 0.4) is 0 Å². The lowest BCUT2D eigenvalue weighted by Crippen LogP contribution is -2.09. The summed E-state index contributed by atoms with van der Waals surface area (Å²) in [5.74, 6) is 0.507. The number of hydrogen-bond donors (Lipinski definition) is 0. The number of aldehydes is 1. The monoisotopic (exact) mass is 250 g/mol. The van der Waals surface area contributed by atoms with Crippen LogP contribution in [-0.4, -0.2) is 18.9 Å². The first kappa shape index (κ1) is 14.2.